The van der Waals surface area contributed by atoms with Crippen LogP contribution in [0.3, 0.4) is 0 Å². The van der Waals surface area contributed by atoms with Gasteiger partial charge in [-0.3, -0.25) is 0 Å². The summed E-state index contributed by atoms with van der Waals surface area (Å²) in [6, 6.07) is 5.04. The van der Waals surface area contributed by atoms with Crippen LogP contribution in [0.4, 0.5) is 11.4 Å². The lowest BCUT2D eigenvalue weighted by Crippen LogP contribution is -2.08. The number of anilines is 2. The van der Waals surface area contributed by atoms with Crippen molar-refractivity contribution in [1.82, 2.24) is 0 Å². The number of carbonyl (C=O) groups excluding carboxylic acids is 1. The summed E-state index contributed by atoms with van der Waals surface area (Å²) < 4.78 is 4.65. The van der Waals surface area contributed by atoms with Crippen molar-refractivity contribution in [2.45, 2.75) is 0 Å². The normalized spacial score (nSPS) is 9.40. The van der Waals surface area contributed by atoms with Gasteiger partial charge in [0, 0.05) is 17.9 Å². The number of nitrogens with two attached hydrogens (primary N) is 1. The lowest BCUT2D eigenvalue weighted by atomic mass is 10.1. The molecule has 0 saturated heterocycles. The van der Waals surface area contributed by atoms with Gasteiger partial charge in [-0.15, -0.1) is 6.58 Å². The average Bonchev–Trinajstić information content (AvgIpc) is 2.26. The highest BCUT2D eigenvalue weighted by Gasteiger charge is 2.11. The summed E-state index contributed by atoms with van der Waals surface area (Å²) in [4.78, 5) is 11.4. The molecule has 1 aromatic rings. The molecule has 1 rings (SSSR count). The molecule has 15 heavy (non-hydrogen) atoms. The lowest BCUT2D eigenvalue weighted by molar-refractivity contribution is 0.0602. The fourth-order valence-electron chi connectivity index (χ4n) is 1.18. The molecule has 0 aliphatic heterocycles. The van der Waals surface area contributed by atoms with Crippen molar-refractivity contribution in [2.75, 3.05) is 24.7 Å². The average molecular weight is 206 g/mol. The second kappa shape index (κ2) is 5.05. The monoisotopic (exact) mass is 206 g/mol. The third kappa shape index (κ3) is 2.74. The highest BCUT2D eigenvalue weighted by molar-refractivity contribution is 5.96. The van der Waals surface area contributed by atoms with Gasteiger partial charge in [0.05, 0.1) is 12.7 Å². The van der Waals surface area contributed by atoms with E-state index in [4.69, 9.17) is 5.73 Å². The van der Waals surface area contributed by atoms with E-state index in [0.717, 1.165) is 0 Å². The molecule has 0 radical (unpaired) electrons. The smallest absolute Gasteiger partial charge is 0.340 e. The minimum atomic E-state index is -0.408. The number of nitrogen functional groups attached to an aromatic ring is 1. The first-order valence-electron chi connectivity index (χ1n) is 4.51. The summed E-state index contributed by atoms with van der Waals surface area (Å²) in [6.07, 6.45) is 1.71. The standard InChI is InChI=1S/C11H14N2O2/c1-3-6-13-10-5-4-8(12)7-9(10)11(14)15-2/h3-5,7,13H,1,6,12H2,2H3. The molecule has 0 aromatic heterocycles. The van der Waals surface area contributed by atoms with Crippen molar-refractivity contribution in [2.24, 2.45) is 0 Å². The highest BCUT2D eigenvalue weighted by atomic mass is 16.5. The van der Waals surface area contributed by atoms with Crippen molar-refractivity contribution >= 4 is 17.3 Å². The van der Waals surface area contributed by atoms with E-state index in [1.54, 1.807) is 24.3 Å². The van der Waals surface area contributed by atoms with E-state index in [9.17, 15) is 4.79 Å². The van der Waals surface area contributed by atoms with Crippen molar-refractivity contribution in [3.8, 4) is 0 Å². The molecule has 0 atom stereocenters. The number of ether oxygens (including phenoxy) is 1. The van der Waals surface area contributed by atoms with Gasteiger partial charge in [-0.05, 0) is 18.2 Å². The molecule has 0 saturated carbocycles. The minimum absolute atomic E-state index is 0.408. The Kier molecular flexibility index (Phi) is 3.74. The van der Waals surface area contributed by atoms with Crippen LogP contribution >= 0.6 is 0 Å². The first kappa shape index (κ1) is 11.1. The zero-order chi connectivity index (χ0) is 11.3. The number of carbonyl (C=O) groups is 1. The number of benzene rings is 1. The molecule has 0 aliphatic rings. The van der Waals surface area contributed by atoms with Crippen LogP contribution in [-0.4, -0.2) is 19.6 Å². The molecular formula is C11H14N2O2. The molecule has 0 fully saturated rings. The second-order valence-corrected chi connectivity index (χ2v) is 2.97. The summed E-state index contributed by atoms with van der Waals surface area (Å²) in [7, 11) is 1.34. The van der Waals surface area contributed by atoms with Crippen molar-refractivity contribution in [1.29, 1.82) is 0 Å². The number of rotatable bonds is 4. The Morgan fingerprint density at radius 1 is 1.67 bits per heavy atom. The highest BCUT2D eigenvalue weighted by Crippen LogP contribution is 2.19. The molecular weight excluding hydrogens is 192 g/mol. The Labute approximate surface area is 88.7 Å². The Morgan fingerprint density at radius 2 is 2.40 bits per heavy atom. The molecule has 4 nitrogen and oxygen atoms in total. The molecule has 0 spiro atoms. The van der Waals surface area contributed by atoms with Gasteiger partial charge in [0.1, 0.15) is 0 Å². The van der Waals surface area contributed by atoms with Gasteiger partial charge >= 0.3 is 5.97 Å². The summed E-state index contributed by atoms with van der Waals surface area (Å²) >= 11 is 0. The zero-order valence-electron chi connectivity index (χ0n) is 8.62. The van der Waals surface area contributed by atoms with Gasteiger partial charge in [-0.2, -0.15) is 0 Å². The molecule has 3 N–H and O–H groups in total. The Hall–Kier alpha value is -1.97. The number of hydrogen-bond donors (Lipinski definition) is 2. The third-order valence-corrected chi connectivity index (χ3v) is 1.89. The fraction of sp³-hybridized carbons (Fsp3) is 0.182. The Balaban J connectivity index is 3.02. The van der Waals surface area contributed by atoms with E-state index in [2.05, 4.69) is 16.6 Å². The van der Waals surface area contributed by atoms with Crippen molar-refractivity contribution < 1.29 is 9.53 Å². The quantitative estimate of drug-likeness (QED) is 0.446. The SMILES string of the molecule is C=CCNc1ccc(N)cc1C(=O)OC. The van der Waals surface area contributed by atoms with Crippen LogP contribution in [0.1, 0.15) is 10.4 Å². The van der Waals surface area contributed by atoms with Crippen LogP contribution in [0.2, 0.25) is 0 Å². The van der Waals surface area contributed by atoms with E-state index in [0.29, 0.717) is 23.5 Å². The fourth-order valence-corrected chi connectivity index (χ4v) is 1.18. The first-order valence-corrected chi connectivity index (χ1v) is 4.51. The number of esters is 1. The van der Waals surface area contributed by atoms with Crippen molar-refractivity contribution in [3.63, 3.8) is 0 Å². The van der Waals surface area contributed by atoms with E-state index in [1.165, 1.54) is 7.11 Å². The summed E-state index contributed by atoms with van der Waals surface area (Å²) in [5.74, 6) is -0.408. The summed E-state index contributed by atoms with van der Waals surface area (Å²) in [5.41, 5.74) is 7.24. The van der Waals surface area contributed by atoms with Crippen LogP contribution < -0.4 is 11.1 Å². The van der Waals surface area contributed by atoms with E-state index in [-0.39, 0.29) is 0 Å². The zero-order valence-corrected chi connectivity index (χ0v) is 8.62. The topological polar surface area (TPSA) is 64.3 Å². The van der Waals surface area contributed by atoms with Crippen LogP contribution in [0.15, 0.2) is 30.9 Å². The van der Waals surface area contributed by atoms with Gasteiger partial charge in [-0.1, -0.05) is 6.08 Å². The first-order chi connectivity index (χ1) is 7.19. The molecule has 0 heterocycles. The predicted octanol–water partition coefficient (Wildman–Crippen LogP) is 1.65. The van der Waals surface area contributed by atoms with Crippen LogP contribution in [0, 0.1) is 0 Å². The van der Waals surface area contributed by atoms with Gasteiger partial charge in [0.2, 0.25) is 0 Å². The minimum Gasteiger partial charge on any atom is -0.465 e. The van der Waals surface area contributed by atoms with E-state index < -0.39 is 5.97 Å². The lowest BCUT2D eigenvalue weighted by Gasteiger charge is -2.09. The van der Waals surface area contributed by atoms with Crippen molar-refractivity contribution in [3.05, 3.63) is 36.4 Å². The van der Waals surface area contributed by atoms with E-state index in [1.807, 2.05) is 0 Å². The molecule has 0 unspecified atom stereocenters. The summed E-state index contributed by atoms with van der Waals surface area (Å²) in [6.45, 7) is 4.16. The maximum atomic E-state index is 11.4. The number of hydrogen-bond acceptors (Lipinski definition) is 4. The molecule has 0 aliphatic carbocycles. The third-order valence-electron chi connectivity index (χ3n) is 1.89. The number of methoxy groups -OCH3 is 1. The van der Waals surface area contributed by atoms with Gasteiger partial charge in [0.15, 0.2) is 0 Å². The summed E-state index contributed by atoms with van der Waals surface area (Å²) in [5, 5.41) is 3.03. The molecule has 0 amide bonds. The maximum absolute atomic E-state index is 11.4. The Bertz CT molecular complexity index is 375. The van der Waals surface area contributed by atoms with Gasteiger partial charge < -0.3 is 15.8 Å². The molecule has 0 bridgehead atoms. The predicted molar refractivity (Wildman–Crippen MR) is 60.9 cm³/mol. The van der Waals surface area contributed by atoms with Gasteiger partial charge in [-0.25, -0.2) is 4.79 Å². The van der Waals surface area contributed by atoms with Gasteiger partial charge in [0.25, 0.3) is 0 Å². The largest absolute Gasteiger partial charge is 0.465 e. The maximum Gasteiger partial charge on any atom is 0.340 e. The van der Waals surface area contributed by atoms with Crippen LogP contribution in [0.25, 0.3) is 0 Å². The number of nitrogens with one attached hydrogen (secondary N) is 1. The molecule has 80 valence electrons. The van der Waals surface area contributed by atoms with E-state index >= 15 is 0 Å². The van der Waals surface area contributed by atoms with Crippen LogP contribution in [0.5, 0.6) is 0 Å². The molecule has 4 heteroatoms. The molecule has 1 aromatic carbocycles. The Morgan fingerprint density at radius 3 is 3.00 bits per heavy atom. The second-order valence-electron chi connectivity index (χ2n) is 2.97. The van der Waals surface area contributed by atoms with Crippen LogP contribution in [-0.2, 0) is 4.74 Å².